The van der Waals surface area contributed by atoms with Gasteiger partial charge in [0.15, 0.2) is 0 Å². The number of hydrogen-bond acceptors (Lipinski definition) is 3. The molecule has 1 rings (SSSR count). The fourth-order valence-electron chi connectivity index (χ4n) is 1.25. The lowest BCUT2D eigenvalue weighted by molar-refractivity contribution is 0.970. The average Bonchev–Trinajstić information content (AvgIpc) is 2.18. The monoisotopic (exact) mass is 196 g/mol. The van der Waals surface area contributed by atoms with Crippen LogP contribution in [0.3, 0.4) is 0 Å². The van der Waals surface area contributed by atoms with Gasteiger partial charge < -0.3 is 11.5 Å². The Morgan fingerprint density at radius 1 is 1.15 bits per heavy atom. The van der Waals surface area contributed by atoms with E-state index in [0.29, 0.717) is 13.1 Å². The fraction of sp³-hybridized carbons (Fsp3) is 0.400. The second-order valence-corrected chi connectivity index (χ2v) is 4.11. The van der Waals surface area contributed by atoms with E-state index in [2.05, 4.69) is 25.1 Å². The molecule has 0 amide bonds. The Bertz CT molecular complexity index is 274. The lowest BCUT2D eigenvalue weighted by Crippen LogP contribution is -2.05. The summed E-state index contributed by atoms with van der Waals surface area (Å²) in [5.74, 6) is 1.09. The zero-order valence-corrected chi connectivity index (χ0v) is 8.73. The van der Waals surface area contributed by atoms with Gasteiger partial charge >= 0.3 is 0 Å². The highest BCUT2D eigenvalue weighted by Crippen LogP contribution is 2.20. The Morgan fingerprint density at radius 3 is 2.38 bits per heavy atom. The summed E-state index contributed by atoms with van der Waals surface area (Å²) in [7, 11) is 0. The van der Waals surface area contributed by atoms with Crippen molar-refractivity contribution >= 4 is 11.8 Å². The van der Waals surface area contributed by atoms with E-state index >= 15 is 0 Å². The summed E-state index contributed by atoms with van der Waals surface area (Å²) >= 11 is 1.83. The lowest BCUT2D eigenvalue weighted by Gasteiger charge is -2.07. The molecule has 4 N–H and O–H groups in total. The molecule has 0 aliphatic rings. The molecule has 0 spiro atoms. The molecule has 0 aliphatic heterocycles. The van der Waals surface area contributed by atoms with Gasteiger partial charge in [-0.3, -0.25) is 0 Å². The van der Waals surface area contributed by atoms with Crippen LogP contribution in [-0.2, 0) is 13.1 Å². The highest BCUT2D eigenvalue weighted by atomic mass is 32.2. The van der Waals surface area contributed by atoms with Crippen molar-refractivity contribution in [3.8, 4) is 0 Å². The van der Waals surface area contributed by atoms with Crippen LogP contribution < -0.4 is 11.5 Å². The third kappa shape index (κ3) is 2.72. The predicted molar refractivity (Wildman–Crippen MR) is 58.6 cm³/mol. The SMILES string of the molecule is CCSc1ccc(CN)c(CN)c1. The zero-order chi connectivity index (χ0) is 9.68. The minimum Gasteiger partial charge on any atom is -0.326 e. The fourth-order valence-corrected chi connectivity index (χ4v) is 1.97. The van der Waals surface area contributed by atoms with E-state index in [9.17, 15) is 0 Å². The molecule has 72 valence electrons. The van der Waals surface area contributed by atoms with Crippen molar-refractivity contribution in [2.75, 3.05) is 5.75 Å². The Kier molecular flexibility index (Phi) is 4.28. The van der Waals surface area contributed by atoms with Gasteiger partial charge in [0.05, 0.1) is 0 Å². The number of benzene rings is 1. The molecule has 1 aromatic carbocycles. The summed E-state index contributed by atoms with van der Waals surface area (Å²) in [5.41, 5.74) is 13.5. The molecule has 0 unspecified atom stereocenters. The van der Waals surface area contributed by atoms with E-state index in [1.54, 1.807) is 0 Å². The molecule has 0 saturated carbocycles. The molecule has 0 bridgehead atoms. The topological polar surface area (TPSA) is 52.0 Å². The minimum atomic E-state index is 0.573. The van der Waals surface area contributed by atoms with Crippen LogP contribution >= 0.6 is 11.8 Å². The summed E-state index contributed by atoms with van der Waals surface area (Å²) in [6, 6.07) is 6.31. The van der Waals surface area contributed by atoms with Gasteiger partial charge in [-0.15, -0.1) is 11.8 Å². The highest BCUT2D eigenvalue weighted by molar-refractivity contribution is 7.99. The van der Waals surface area contributed by atoms with Crippen molar-refractivity contribution in [2.24, 2.45) is 11.5 Å². The Hall–Kier alpha value is -0.510. The molecule has 0 radical (unpaired) electrons. The van der Waals surface area contributed by atoms with Gasteiger partial charge in [0.2, 0.25) is 0 Å². The first-order valence-corrected chi connectivity index (χ1v) is 5.45. The van der Waals surface area contributed by atoms with Gasteiger partial charge in [0, 0.05) is 18.0 Å². The third-order valence-electron chi connectivity index (χ3n) is 1.93. The maximum Gasteiger partial charge on any atom is 0.0181 e. The van der Waals surface area contributed by atoms with Gasteiger partial charge in [0.1, 0.15) is 0 Å². The van der Waals surface area contributed by atoms with Crippen LogP contribution in [0.4, 0.5) is 0 Å². The van der Waals surface area contributed by atoms with Crippen molar-refractivity contribution in [3.63, 3.8) is 0 Å². The summed E-state index contributed by atoms with van der Waals surface area (Å²) < 4.78 is 0. The number of rotatable bonds is 4. The smallest absolute Gasteiger partial charge is 0.0181 e. The molecule has 2 nitrogen and oxygen atoms in total. The second kappa shape index (κ2) is 5.27. The van der Waals surface area contributed by atoms with Crippen LogP contribution in [0.2, 0.25) is 0 Å². The van der Waals surface area contributed by atoms with Crippen molar-refractivity contribution in [1.29, 1.82) is 0 Å². The van der Waals surface area contributed by atoms with E-state index in [1.165, 1.54) is 10.5 Å². The average molecular weight is 196 g/mol. The Morgan fingerprint density at radius 2 is 1.85 bits per heavy atom. The molecular formula is C10H16N2S. The lowest BCUT2D eigenvalue weighted by atomic mass is 10.1. The highest BCUT2D eigenvalue weighted by Gasteiger charge is 2.00. The molecule has 0 fully saturated rings. The van der Waals surface area contributed by atoms with Gasteiger partial charge in [-0.2, -0.15) is 0 Å². The molecule has 13 heavy (non-hydrogen) atoms. The summed E-state index contributed by atoms with van der Waals surface area (Å²) in [6.45, 7) is 3.29. The van der Waals surface area contributed by atoms with E-state index in [4.69, 9.17) is 11.5 Å². The standard InChI is InChI=1S/C10H16N2S/c1-2-13-10-4-3-8(6-11)9(5-10)7-12/h3-5H,2,6-7,11-12H2,1H3. The van der Waals surface area contributed by atoms with Crippen LogP contribution in [-0.4, -0.2) is 5.75 Å². The molecular weight excluding hydrogens is 180 g/mol. The van der Waals surface area contributed by atoms with Crippen LogP contribution in [0.15, 0.2) is 23.1 Å². The molecule has 0 aromatic heterocycles. The first-order chi connectivity index (χ1) is 6.31. The van der Waals surface area contributed by atoms with Crippen LogP contribution in [0, 0.1) is 0 Å². The summed E-state index contributed by atoms with van der Waals surface area (Å²) in [5, 5.41) is 0. The van der Waals surface area contributed by atoms with Crippen LogP contribution in [0.25, 0.3) is 0 Å². The van der Waals surface area contributed by atoms with Gasteiger partial charge in [-0.05, 0) is 29.0 Å². The largest absolute Gasteiger partial charge is 0.326 e. The molecule has 0 heterocycles. The minimum absolute atomic E-state index is 0.573. The van der Waals surface area contributed by atoms with Crippen LogP contribution in [0.5, 0.6) is 0 Å². The number of hydrogen-bond donors (Lipinski definition) is 2. The number of nitrogens with two attached hydrogens (primary N) is 2. The second-order valence-electron chi connectivity index (χ2n) is 2.77. The summed E-state index contributed by atoms with van der Waals surface area (Å²) in [4.78, 5) is 1.28. The Balaban J connectivity index is 2.91. The van der Waals surface area contributed by atoms with Crippen molar-refractivity contribution in [2.45, 2.75) is 24.9 Å². The van der Waals surface area contributed by atoms with Crippen LogP contribution in [0.1, 0.15) is 18.1 Å². The normalized spacial score (nSPS) is 10.4. The van der Waals surface area contributed by atoms with Gasteiger partial charge in [-0.25, -0.2) is 0 Å². The summed E-state index contributed by atoms with van der Waals surface area (Å²) in [6.07, 6.45) is 0. The van der Waals surface area contributed by atoms with Crippen molar-refractivity contribution in [3.05, 3.63) is 29.3 Å². The molecule has 0 saturated heterocycles. The third-order valence-corrected chi connectivity index (χ3v) is 2.80. The quantitative estimate of drug-likeness (QED) is 0.721. The molecule has 0 aliphatic carbocycles. The zero-order valence-electron chi connectivity index (χ0n) is 7.92. The van der Waals surface area contributed by atoms with Crippen molar-refractivity contribution < 1.29 is 0 Å². The first kappa shape index (κ1) is 10.6. The molecule has 3 heteroatoms. The van der Waals surface area contributed by atoms with Gasteiger partial charge in [-0.1, -0.05) is 13.0 Å². The van der Waals surface area contributed by atoms with E-state index in [1.807, 2.05) is 11.8 Å². The maximum atomic E-state index is 5.63. The molecule has 0 atom stereocenters. The Labute approximate surface area is 83.7 Å². The van der Waals surface area contributed by atoms with E-state index in [0.717, 1.165) is 11.3 Å². The predicted octanol–water partition coefficient (Wildman–Crippen LogP) is 1.72. The van der Waals surface area contributed by atoms with E-state index in [-0.39, 0.29) is 0 Å². The van der Waals surface area contributed by atoms with E-state index < -0.39 is 0 Å². The van der Waals surface area contributed by atoms with Crippen molar-refractivity contribution in [1.82, 2.24) is 0 Å². The maximum absolute atomic E-state index is 5.63. The molecule has 1 aromatic rings. The first-order valence-electron chi connectivity index (χ1n) is 4.46. The number of thioether (sulfide) groups is 1. The van der Waals surface area contributed by atoms with Gasteiger partial charge in [0.25, 0.3) is 0 Å².